The van der Waals surface area contributed by atoms with Crippen LogP contribution < -0.4 is 4.90 Å². The number of anilines is 1. The molecule has 5 nitrogen and oxygen atoms in total. The molecule has 1 aliphatic carbocycles. The second-order valence-corrected chi connectivity index (χ2v) is 7.94. The van der Waals surface area contributed by atoms with Gasteiger partial charge in [0.15, 0.2) is 0 Å². The topological polar surface area (TPSA) is 62.6 Å². The summed E-state index contributed by atoms with van der Waals surface area (Å²) in [6.45, 7) is 2.21. The number of imide groups is 1. The molecule has 144 valence electrons. The minimum atomic E-state index is -0.597. The van der Waals surface area contributed by atoms with Gasteiger partial charge >= 0.3 is 0 Å². The zero-order valence-corrected chi connectivity index (χ0v) is 16.5. The van der Waals surface area contributed by atoms with E-state index in [1.165, 1.54) is 19.0 Å². The van der Waals surface area contributed by atoms with Crippen molar-refractivity contribution < 1.29 is 9.59 Å². The molecule has 2 amide bonds. The molecule has 1 aliphatic heterocycles. The molecule has 0 N–H and O–H groups in total. The fraction of sp³-hybridized carbons (Fsp3) is 0.364. The van der Waals surface area contributed by atoms with Crippen LogP contribution >= 0.6 is 11.6 Å². The van der Waals surface area contributed by atoms with Gasteiger partial charge in [-0.2, -0.15) is 0 Å². The van der Waals surface area contributed by atoms with E-state index in [1.54, 1.807) is 30.5 Å². The summed E-state index contributed by atoms with van der Waals surface area (Å²) in [4.78, 5) is 36.4. The van der Waals surface area contributed by atoms with Gasteiger partial charge in [-0.15, -0.1) is 0 Å². The molecule has 0 saturated heterocycles. The molecule has 6 heteroatoms. The highest BCUT2D eigenvalue weighted by Crippen LogP contribution is 2.32. The summed E-state index contributed by atoms with van der Waals surface area (Å²) in [7, 11) is 0. The lowest BCUT2D eigenvalue weighted by molar-refractivity contribution is -0.118. The van der Waals surface area contributed by atoms with E-state index >= 15 is 0 Å². The maximum absolute atomic E-state index is 13.3. The second-order valence-electron chi connectivity index (χ2n) is 7.51. The Morgan fingerprint density at radius 1 is 1.14 bits per heavy atom. The maximum atomic E-state index is 13.3. The molecule has 1 aromatic carbocycles. The van der Waals surface area contributed by atoms with E-state index in [-0.39, 0.29) is 23.7 Å². The molecule has 4 rings (SSSR count). The molecule has 2 aliphatic rings. The molecule has 0 radical (unpaired) electrons. The zero-order chi connectivity index (χ0) is 19.7. The first-order chi connectivity index (χ1) is 13.6. The van der Waals surface area contributed by atoms with Crippen LogP contribution in [0.4, 0.5) is 5.82 Å². The van der Waals surface area contributed by atoms with E-state index in [2.05, 4.69) is 11.9 Å². The van der Waals surface area contributed by atoms with Crippen molar-refractivity contribution in [3.63, 3.8) is 0 Å². The number of benzene rings is 1. The summed E-state index contributed by atoms with van der Waals surface area (Å²) in [5.74, 6) is -0.509. The number of pyridine rings is 1. The minimum absolute atomic E-state index is 0.230. The molecular formula is C22H22ClN3O2. The van der Waals surface area contributed by atoms with Crippen LogP contribution in [-0.2, 0) is 4.79 Å². The highest BCUT2D eigenvalue weighted by atomic mass is 35.5. The van der Waals surface area contributed by atoms with Gasteiger partial charge in [0, 0.05) is 18.0 Å². The van der Waals surface area contributed by atoms with Crippen molar-refractivity contribution in [2.45, 2.75) is 44.6 Å². The highest BCUT2D eigenvalue weighted by molar-refractivity contribution is 6.31. The van der Waals surface area contributed by atoms with Crippen LogP contribution in [0.3, 0.4) is 0 Å². The molecule has 3 atom stereocenters. The van der Waals surface area contributed by atoms with E-state index in [0.717, 1.165) is 17.7 Å². The Morgan fingerprint density at radius 2 is 1.93 bits per heavy atom. The Kier molecular flexibility index (Phi) is 5.27. The predicted molar refractivity (Wildman–Crippen MR) is 110 cm³/mol. The lowest BCUT2D eigenvalue weighted by Gasteiger charge is -2.31. The number of aromatic nitrogens is 1. The van der Waals surface area contributed by atoms with E-state index < -0.39 is 5.92 Å². The van der Waals surface area contributed by atoms with Gasteiger partial charge in [-0.1, -0.05) is 49.6 Å². The van der Waals surface area contributed by atoms with Crippen LogP contribution in [-0.4, -0.2) is 29.1 Å². The fourth-order valence-corrected chi connectivity index (χ4v) is 4.14. The molecule has 1 unspecified atom stereocenters. The molecule has 0 spiro atoms. The summed E-state index contributed by atoms with van der Waals surface area (Å²) in [5.41, 5.74) is 1.21. The summed E-state index contributed by atoms with van der Waals surface area (Å²) in [6, 6.07) is 10.7. The zero-order valence-electron chi connectivity index (χ0n) is 15.7. The van der Waals surface area contributed by atoms with Gasteiger partial charge in [0.1, 0.15) is 5.82 Å². The fourth-order valence-electron chi connectivity index (χ4n) is 4.03. The number of nitrogens with zero attached hydrogens (tertiary/aromatic N) is 3. The Hall–Kier alpha value is -2.53. The monoisotopic (exact) mass is 395 g/mol. The minimum Gasteiger partial charge on any atom is -0.293 e. The lowest BCUT2D eigenvalue weighted by Crippen LogP contribution is -2.46. The molecular weight excluding hydrogens is 374 g/mol. The number of hydrogen-bond donors (Lipinski definition) is 0. The van der Waals surface area contributed by atoms with Crippen molar-refractivity contribution in [3.05, 3.63) is 58.7 Å². The third-order valence-electron chi connectivity index (χ3n) is 5.65. The van der Waals surface area contributed by atoms with Gasteiger partial charge in [-0.25, -0.2) is 9.88 Å². The van der Waals surface area contributed by atoms with Crippen molar-refractivity contribution in [1.82, 2.24) is 4.98 Å². The van der Waals surface area contributed by atoms with Crippen molar-refractivity contribution in [1.29, 1.82) is 0 Å². The average molecular weight is 396 g/mol. The lowest BCUT2D eigenvalue weighted by atomic mass is 9.85. The largest absolute Gasteiger partial charge is 0.293 e. The van der Waals surface area contributed by atoms with Crippen LogP contribution in [0.15, 0.2) is 47.6 Å². The van der Waals surface area contributed by atoms with E-state index in [1.807, 2.05) is 12.1 Å². The third kappa shape index (κ3) is 3.47. The Morgan fingerprint density at radius 3 is 2.68 bits per heavy atom. The highest BCUT2D eigenvalue weighted by Gasteiger charge is 2.39. The number of rotatable bonds is 3. The first-order valence-electron chi connectivity index (χ1n) is 9.68. The molecule has 28 heavy (non-hydrogen) atoms. The van der Waals surface area contributed by atoms with E-state index in [0.29, 0.717) is 22.1 Å². The standard InChI is InChI=1S/C22H22ClN3O2/c1-14-6-2-5-9-19(14)24-13-18-16-7-3-4-8-17(16)21(27)26(22(18)28)20-11-10-15(23)12-25-20/h3-4,7-8,10-14,18-19H,2,5-6,9H2,1H3/t14-,18?,19+/m1/s1. The van der Waals surface area contributed by atoms with Crippen LogP contribution in [0, 0.1) is 5.92 Å². The van der Waals surface area contributed by atoms with Crippen molar-refractivity contribution in [2.75, 3.05) is 4.90 Å². The predicted octanol–water partition coefficient (Wildman–Crippen LogP) is 4.66. The summed E-state index contributed by atoms with van der Waals surface area (Å²) >= 11 is 5.91. The first kappa shape index (κ1) is 18.8. The van der Waals surface area contributed by atoms with Gasteiger partial charge in [-0.05, 0) is 42.5 Å². The average Bonchev–Trinajstić information content (AvgIpc) is 2.71. The Labute approximate surface area is 169 Å². The number of halogens is 1. The number of aliphatic imine (C=N–C) groups is 1. The van der Waals surface area contributed by atoms with Crippen molar-refractivity contribution >= 4 is 35.4 Å². The smallest absolute Gasteiger partial charge is 0.266 e. The second kappa shape index (κ2) is 7.84. The number of amides is 2. The van der Waals surface area contributed by atoms with E-state index in [4.69, 9.17) is 16.6 Å². The molecule has 1 saturated carbocycles. The Bertz CT molecular complexity index is 926. The molecule has 2 aromatic rings. The molecule has 1 fully saturated rings. The quantitative estimate of drug-likeness (QED) is 0.561. The van der Waals surface area contributed by atoms with Crippen molar-refractivity contribution in [3.8, 4) is 0 Å². The number of hydrogen-bond acceptors (Lipinski definition) is 4. The molecule has 1 aromatic heterocycles. The number of fused-ring (bicyclic) bond motifs is 1. The van der Waals surface area contributed by atoms with Crippen LogP contribution in [0.2, 0.25) is 5.02 Å². The normalized spacial score (nSPS) is 25.2. The SMILES string of the molecule is C[C@@H]1CCCC[C@@H]1N=CC1C(=O)N(c2ccc(Cl)cn2)C(=O)c2ccccc21. The van der Waals surface area contributed by atoms with Gasteiger partial charge in [0.25, 0.3) is 5.91 Å². The van der Waals surface area contributed by atoms with Crippen molar-refractivity contribution in [2.24, 2.45) is 10.9 Å². The number of carbonyl (C=O) groups is 2. The Balaban J connectivity index is 1.72. The molecule has 0 bridgehead atoms. The van der Waals surface area contributed by atoms with Gasteiger partial charge < -0.3 is 0 Å². The first-order valence-corrected chi connectivity index (χ1v) is 10.1. The van der Waals surface area contributed by atoms with Gasteiger partial charge in [-0.3, -0.25) is 14.6 Å². The summed E-state index contributed by atoms with van der Waals surface area (Å²) < 4.78 is 0. The maximum Gasteiger partial charge on any atom is 0.266 e. The summed E-state index contributed by atoms with van der Waals surface area (Å²) in [5, 5.41) is 0.449. The third-order valence-corrected chi connectivity index (χ3v) is 5.87. The number of carbonyl (C=O) groups excluding carboxylic acids is 2. The van der Waals surface area contributed by atoms with E-state index in [9.17, 15) is 9.59 Å². The van der Waals surface area contributed by atoms with Crippen LogP contribution in [0.5, 0.6) is 0 Å². The van der Waals surface area contributed by atoms with Gasteiger partial charge in [0.05, 0.1) is 17.0 Å². The van der Waals surface area contributed by atoms with Crippen LogP contribution in [0.1, 0.15) is 54.4 Å². The summed E-state index contributed by atoms with van der Waals surface area (Å²) in [6.07, 6.45) is 7.79. The van der Waals surface area contributed by atoms with Crippen LogP contribution in [0.25, 0.3) is 0 Å². The molecule has 2 heterocycles. The van der Waals surface area contributed by atoms with Gasteiger partial charge in [0.2, 0.25) is 5.91 Å².